The van der Waals surface area contributed by atoms with Crippen LogP contribution >= 0.6 is 0 Å². The van der Waals surface area contributed by atoms with Crippen molar-refractivity contribution in [1.29, 1.82) is 0 Å². The van der Waals surface area contributed by atoms with Gasteiger partial charge in [-0.2, -0.15) is 0 Å². The molecule has 3 aromatic rings. The van der Waals surface area contributed by atoms with Gasteiger partial charge in [0, 0.05) is 70.0 Å². The minimum atomic E-state index is 0.648. The molecule has 4 rings (SSSR count). The first kappa shape index (κ1) is 26.7. The fourth-order valence-corrected chi connectivity index (χ4v) is 3.57. The number of morpholine rings is 1. The number of hydrogen-bond donors (Lipinski definition) is 3. The molecule has 10 heteroatoms. The number of rotatable bonds is 7. The third-order valence-electron chi connectivity index (χ3n) is 5.47. The SMILES string of the molecule is CCNC=O.CN=C(NC)Nc1ccc(-c2ccc(CN3CCOCC3)nc2)cc1-c1ncccn1. The van der Waals surface area contributed by atoms with Crippen LogP contribution in [-0.2, 0) is 16.1 Å². The molecule has 1 saturated heterocycles. The Balaban J connectivity index is 0.000000658. The fourth-order valence-electron chi connectivity index (χ4n) is 3.57. The number of carbonyl (C=O) groups is 1. The quantitative estimate of drug-likeness (QED) is 0.263. The molecule has 0 bridgehead atoms. The first-order valence-electron chi connectivity index (χ1n) is 11.9. The molecule has 2 aromatic heterocycles. The van der Waals surface area contributed by atoms with Gasteiger partial charge in [-0.3, -0.25) is 19.7 Å². The summed E-state index contributed by atoms with van der Waals surface area (Å²) in [6.45, 7) is 6.93. The van der Waals surface area contributed by atoms with E-state index in [9.17, 15) is 4.79 Å². The molecule has 1 aromatic carbocycles. The van der Waals surface area contributed by atoms with Crippen molar-refractivity contribution >= 4 is 18.1 Å². The molecule has 1 aliphatic rings. The predicted octanol–water partition coefficient (Wildman–Crippen LogP) is 2.41. The molecule has 3 heterocycles. The Bertz CT molecular complexity index is 1100. The van der Waals surface area contributed by atoms with Crippen LogP contribution in [0.25, 0.3) is 22.5 Å². The van der Waals surface area contributed by atoms with Gasteiger partial charge in [0.15, 0.2) is 11.8 Å². The summed E-state index contributed by atoms with van der Waals surface area (Å²) in [5.74, 6) is 1.31. The highest BCUT2D eigenvalue weighted by atomic mass is 16.5. The van der Waals surface area contributed by atoms with Crippen molar-refractivity contribution in [2.45, 2.75) is 13.5 Å². The number of hydrogen-bond acceptors (Lipinski definition) is 7. The number of benzene rings is 1. The van der Waals surface area contributed by atoms with Crippen molar-refractivity contribution in [3.8, 4) is 22.5 Å². The van der Waals surface area contributed by atoms with E-state index in [1.165, 1.54) is 0 Å². The van der Waals surface area contributed by atoms with Gasteiger partial charge in [-0.25, -0.2) is 9.97 Å². The van der Waals surface area contributed by atoms with E-state index in [4.69, 9.17) is 9.72 Å². The van der Waals surface area contributed by atoms with Gasteiger partial charge in [0.1, 0.15) is 0 Å². The van der Waals surface area contributed by atoms with Crippen molar-refractivity contribution in [2.24, 2.45) is 4.99 Å². The number of aromatic nitrogens is 3. The van der Waals surface area contributed by atoms with Crippen LogP contribution in [0.5, 0.6) is 0 Å². The summed E-state index contributed by atoms with van der Waals surface area (Å²) in [4.78, 5) is 29.4. The lowest BCUT2D eigenvalue weighted by Gasteiger charge is -2.26. The van der Waals surface area contributed by atoms with E-state index < -0.39 is 0 Å². The molecule has 0 radical (unpaired) electrons. The maximum Gasteiger partial charge on any atom is 0.207 e. The highest BCUT2D eigenvalue weighted by Crippen LogP contribution is 2.31. The topological polar surface area (TPSA) is 117 Å². The summed E-state index contributed by atoms with van der Waals surface area (Å²) < 4.78 is 5.42. The molecule has 0 atom stereocenters. The van der Waals surface area contributed by atoms with Crippen LogP contribution in [0, 0.1) is 0 Å². The molecular formula is C26H34N8O2. The van der Waals surface area contributed by atoms with Gasteiger partial charge in [0.2, 0.25) is 6.41 Å². The van der Waals surface area contributed by atoms with Crippen LogP contribution in [0.4, 0.5) is 5.69 Å². The van der Waals surface area contributed by atoms with Crippen molar-refractivity contribution in [3.63, 3.8) is 0 Å². The highest BCUT2D eigenvalue weighted by Gasteiger charge is 2.13. The van der Waals surface area contributed by atoms with E-state index in [1.807, 2.05) is 32.3 Å². The number of amides is 1. The zero-order chi connectivity index (χ0) is 25.6. The molecule has 36 heavy (non-hydrogen) atoms. The van der Waals surface area contributed by atoms with Gasteiger partial charge in [0.05, 0.1) is 24.6 Å². The van der Waals surface area contributed by atoms with Crippen molar-refractivity contribution in [2.75, 3.05) is 52.3 Å². The Kier molecular flexibility index (Phi) is 10.8. The van der Waals surface area contributed by atoms with Crippen molar-refractivity contribution in [3.05, 3.63) is 60.7 Å². The van der Waals surface area contributed by atoms with Crippen molar-refractivity contribution in [1.82, 2.24) is 30.5 Å². The number of anilines is 1. The van der Waals surface area contributed by atoms with Crippen molar-refractivity contribution < 1.29 is 9.53 Å². The van der Waals surface area contributed by atoms with E-state index in [1.54, 1.807) is 19.4 Å². The Morgan fingerprint density at radius 2 is 1.86 bits per heavy atom. The van der Waals surface area contributed by atoms with Crippen LogP contribution in [0.3, 0.4) is 0 Å². The Morgan fingerprint density at radius 3 is 2.44 bits per heavy atom. The first-order chi connectivity index (χ1) is 17.7. The molecule has 1 fully saturated rings. The lowest BCUT2D eigenvalue weighted by Crippen LogP contribution is -2.35. The number of ether oxygens (including phenoxy) is 1. The second-order valence-electron chi connectivity index (χ2n) is 7.88. The highest BCUT2D eigenvalue weighted by molar-refractivity contribution is 5.97. The average Bonchev–Trinajstić information content (AvgIpc) is 2.94. The molecule has 10 nitrogen and oxygen atoms in total. The van der Waals surface area contributed by atoms with Gasteiger partial charge in [-0.15, -0.1) is 0 Å². The predicted molar refractivity (Wildman–Crippen MR) is 143 cm³/mol. The second-order valence-corrected chi connectivity index (χ2v) is 7.88. The number of aliphatic imine (C=N–C) groups is 1. The van der Waals surface area contributed by atoms with Crippen LogP contribution in [0.1, 0.15) is 12.6 Å². The zero-order valence-electron chi connectivity index (χ0n) is 21.1. The molecule has 3 N–H and O–H groups in total. The third kappa shape index (κ3) is 7.82. The lowest BCUT2D eigenvalue weighted by molar-refractivity contribution is -0.109. The summed E-state index contributed by atoms with van der Waals surface area (Å²) in [7, 11) is 3.56. The molecule has 0 saturated carbocycles. The minimum absolute atomic E-state index is 0.648. The monoisotopic (exact) mass is 490 g/mol. The normalized spacial score (nSPS) is 13.8. The standard InChI is InChI=1S/C23H27N7O.C3H7NO/c1-24-23(25-2)29-21-7-5-17(14-20(21)22-26-8-3-9-27-22)18-4-6-19(28-15-18)16-30-10-12-31-13-11-30;1-2-4-3-5/h3-9,14-15H,10-13,16H2,1-2H3,(H2,24,25,29);3H,2H2,1H3,(H,4,5). The second kappa shape index (κ2) is 14.5. The minimum Gasteiger partial charge on any atom is -0.379 e. The summed E-state index contributed by atoms with van der Waals surface area (Å²) >= 11 is 0. The molecule has 1 amide bonds. The van der Waals surface area contributed by atoms with E-state index in [0.29, 0.717) is 18.2 Å². The molecular weight excluding hydrogens is 456 g/mol. The number of nitrogens with zero attached hydrogens (tertiary/aromatic N) is 5. The fraction of sp³-hybridized carbons (Fsp3) is 0.346. The first-order valence-corrected chi connectivity index (χ1v) is 11.9. The van der Waals surface area contributed by atoms with E-state index in [-0.39, 0.29) is 0 Å². The lowest BCUT2D eigenvalue weighted by atomic mass is 10.0. The number of nitrogens with one attached hydrogen (secondary N) is 3. The van der Waals surface area contributed by atoms with E-state index >= 15 is 0 Å². The maximum absolute atomic E-state index is 9.29. The number of carbonyl (C=O) groups excluding carboxylic acids is 1. The number of guanidine groups is 1. The Hall–Kier alpha value is -3.89. The van der Waals surface area contributed by atoms with Gasteiger partial charge in [0.25, 0.3) is 0 Å². The molecule has 190 valence electrons. The molecule has 0 aliphatic carbocycles. The van der Waals surface area contributed by atoms with Crippen LogP contribution in [-0.4, -0.2) is 79.2 Å². The van der Waals surface area contributed by atoms with Crippen LogP contribution in [0.15, 0.2) is 60.0 Å². The Morgan fingerprint density at radius 1 is 1.11 bits per heavy atom. The molecule has 0 spiro atoms. The largest absolute Gasteiger partial charge is 0.379 e. The van der Waals surface area contributed by atoms with Gasteiger partial charge >= 0.3 is 0 Å². The van der Waals surface area contributed by atoms with Gasteiger partial charge in [-0.1, -0.05) is 12.1 Å². The third-order valence-corrected chi connectivity index (χ3v) is 5.47. The average molecular weight is 491 g/mol. The summed E-state index contributed by atoms with van der Waals surface area (Å²) in [6, 6.07) is 12.2. The van der Waals surface area contributed by atoms with E-state index in [2.05, 4.69) is 60.1 Å². The molecule has 1 aliphatic heterocycles. The summed E-state index contributed by atoms with van der Waals surface area (Å²) in [6.07, 6.45) is 6.10. The maximum atomic E-state index is 9.29. The van der Waals surface area contributed by atoms with E-state index in [0.717, 1.165) is 67.5 Å². The van der Waals surface area contributed by atoms with Gasteiger partial charge < -0.3 is 20.7 Å². The smallest absolute Gasteiger partial charge is 0.207 e. The summed E-state index contributed by atoms with van der Waals surface area (Å²) in [5.41, 5.74) is 4.94. The van der Waals surface area contributed by atoms with Crippen LogP contribution < -0.4 is 16.0 Å². The zero-order valence-corrected chi connectivity index (χ0v) is 21.1. The Labute approximate surface area is 212 Å². The summed E-state index contributed by atoms with van der Waals surface area (Å²) in [5, 5.41) is 8.78. The molecule has 0 unspecified atom stereocenters. The number of pyridine rings is 1. The van der Waals surface area contributed by atoms with Crippen LogP contribution in [0.2, 0.25) is 0 Å². The van der Waals surface area contributed by atoms with Gasteiger partial charge in [-0.05, 0) is 36.8 Å².